The lowest BCUT2D eigenvalue weighted by atomic mass is 10.3. The van der Waals surface area contributed by atoms with Gasteiger partial charge in [0.1, 0.15) is 10.6 Å². The second-order valence-corrected chi connectivity index (χ2v) is 7.52. The lowest BCUT2D eigenvalue weighted by Crippen LogP contribution is -2.28. The molecule has 1 heterocycles. The van der Waals surface area contributed by atoms with E-state index < -0.39 is 15.9 Å². The van der Waals surface area contributed by atoms with E-state index in [-0.39, 0.29) is 29.3 Å². The first-order valence-electron chi connectivity index (χ1n) is 6.88. The Morgan fingerprint density at radius 3 is 2.62 bits per heavy atom. The Labute approximate surface area is 149 Å². The van der Waals surface area contributed by atoms with Gasteiger partial charge >= 0.3 is 0 Å². The Kier molecular flexibility index (Phi) is 5.87. The molecule has 0 bridgehead atoms. The van der Waals surface area contributed by atoms with Gasteiger partial charge in [-0.05, 0) is 32.0 Å². The molecule has 1 amide bonds. The number of anilines is 1. The minimum absolute atomic E-state index is 0.0132. The van der Waals surface area contributed by atoms with Gasteiger partial charge in [-0.15, -0.1) is 0 Å². The highest BCUT2D eigenvalue weighted by molar-refractivity contribution is 7.89. The van der Waals surface area contributed by atoms with Gasteiger partial charge in [0.25, 0.3) is 0 Å². The third-order valence-corrected chi connectivity index (χ3v) is 5.35. The van der Waals surface area contributed by atoms with Crippen molar-refractivity contribution in [3.05, 3.63) is 39.7 Å². The Bertz CT molecular complexity index is 845. The van der Waals surface area contributed by atoms with Crippen molar-refractivity contribution in [1.29, 1.82) is 0 Å². The van der Waals surface area contributed by atoms with Gasteiger partial charge in [0.05, 0.1) is 10.7 Å². The van der Waals surface area contributed by atoms with Gasteiger partial charge in [0.15, 0.2) is 5.76 Å². The van der Waals surface area contributed by atoms with E-state index in [4.69, 9.17) is 27.7 Å². The largest absolute Gasteiger partial charge is 0.360 e. The molecule has 130 valence electrons. The van der Waals surface area contributed by atoms with Crippen LogP contribution in [0, 0.1) is 13.8 Å². The highest BCUT2D eigenvalue weighted by Gasteiger charge is 2.23. The zero-order valence-electron chi connectivity index (χ0n) is 12.9. The number of carbonyl (C=O) groups is 1. The Morgan fingerprint density at radius 1 is 1.29 bits per heavy atom. The van der Waals surface area contributed by atoms with E-state index in [1.165, 1.54) is 19.9 Å². The lowest BCUT2D eigenvalue weighted by Gasteiger charge is -2.09. The fourth-order valence-electron chi connectivity index (χ4n) is 2.04. The van der Waals surface area contributed by atoms with Gasteiger partial charge < -0.3 is 9.84 Å². The number of hydrogen-bond acceptors (Lipinski definition) is 5. The third kappa shape index (κ3) is 4.47. The number of sulfonamides is 1. The number of nitrogens with one attached hydrogen (secondary N) is 2. The maximum Gasteiger partial charge on any atom is 0.245 e. The molecule has 0 spiro atoms. The Balaban J connectivity index is 1.94. The average Bonchev–Trinajstić information content (AvgIpc) is 2.82. The minimum Gasteiger partial charge on any atom is -0.360 e. The zero-order chi connectivity index (χ0) is 17.9. The lowest BCUT2D eigenvalue weighted by molar-refractivity contribution is -0.116. The molecule has 0 saturated carbocycles. The molecular formula is C14H15Cl2N3O4S. The maximum atomic E-state index is 12.2. The molecule has 2 rings (SSSR count). The standard InChI is InChI=1S/C14H15Cl2N3O4S/c1-8-14(9(2)23-19-8)24(21,22)17-6-5-13(20)18-12-7-10(15)3-4-11(12)16/h3-4,7,17H,5-6H2,1-2H3,(H,18,20). The van der Waals surface area contributed by atoms with Gasteiger partial charge in [-0.3, -0.25) is 4.79 Å². The highest BCUT2D eigenvalue weighted by atomic mass is 35.5. The van der Waals surface area contributed by atoms with Crippen molar-refractivity contribution in [2.75, 3.05) is 11.9 Å². The minimum atomic E-state index is -3.80. The normalized spacial score (nSPS) is 11.5. The van der Waals surface area contributed by atoms with Gasteiger partial charge in [0, 0.05) is 18.0 Å². The van der Waals surface area contributed by atoms with Crippen molar-refractivity contribution in [3.8, 4) is 0 Å². The van der Waals surface area contributed by atoms with Crippen molar-refractivity contribution < 1.29 is 17.7 Å². The molecule has 0 aliphatic rings. The van der Waals surface area contributed by atoms with Crippen LogP contribution in [0.2, 0.25) is 10.0 Å². The molecule has 0 radical (unpaired) electrons. The van der Waals surface area contributed by atoms with Crippen LogP contribution >= 0.6 is 23.2 Å². The van der Waals surface area contributed by atoms with Crippen molar-refractivity contribution >= 4 is 44.8 Å². The summed E-state index contributed by atoms with van der Waals surface area (Å²) in [5.41, 5.74) is 0.623. The van der Waals surface area contributed by atoms with Crippen LogP contribution in [0.5, 0.6) is 0 Å². The third-order valence-electron chi connectivity index (χ3n) is 3.08. The number of benzene rings is 1. The maximum absolute atomic E-state index is 12.2. The molecule has 24 heavy (non-hydrogen) atoms. The molecule has 0 unspecified atom stereocenters. The smallest absolute Gasteiger partial charge is 0.245 e. The topological polar surface area (TPSA) is 101 Å². The van der Waals surface area contributed by atoms with E-state index in [1.807, 2.05) is 0 Å². The number of amides is 1. The predicted octanol–water partition coefficient (Wildman–Crippen LogP) is 2.91. The van der Waals surface area contributed by atoms with Crippen LogP contribution in [-0.2, 0) is 14.8 Å². The SMILES string of the molecule is Cc1noc(C)c1S(=O)(=O)NCCC(=O)Nc1cc(Cl)ccc1Cl. The average molecular weight is 392 g/mol. The van der Waals surface area contributed by atoms with Crippen LogP contribution in [0.15, 0.2) is 27.6 Å². The first kappa shape index (κ1) is 18.7. The van der Waals surface area contributed by atoms with E-state index in [0.29, 0.717) is 15.7 Å². The van der Waals surface area contributed by atoms with E-state index in [1.54, 1.807) is 12.1 Å². The van der Waals surface area contributed by atoms with E-state index in [2.05, 4.69) is 15.2 Å². The molecule has 0 fully saturated rings. The molecular weight excluding hydrogens is 377 g/mol. The molecule has 10 heteroatoms. The number of carbonyl (C=O) groups excluding carboxylic acids is 1. The second-order valence-electron chi connectivity index (χ2n) is 4.97. The summed E-state index contributed by atoms with van der Waals surface area (Å²) in [5, 5.41) is 6.93. The monoisotopic (exact) mass is 391 g/mol. The molecule has 0 aliphatic carbocycles. The Hall–Kier alpha value is -1.61. The summed E-state index contributed by atoms with van der Waals surface area (Å²) in [7, 11) is -3.80. The summed E-state index contributed by atoms with van der Waals surface area (Å²) in [4.78, 5) is 11.9. The van der Waals surface area contributed by atoms with Crippen molar-refractivity contribution in [1.82, 2.24) is 9.88 Å². The van der Waals surface area contributed by atoms with Crippen LogP contribution in [-0.4, -0.2) is 26.0 Å². The zero-order valence-corrected chi connectivity index (χ0v) is 15.2. The fourth-order valence-corrected chi connectivity index (χ4v) is 3.73. The Morgan fingerprint density at radius 2 is 2.00 bits per heavy atom. The van der Waals surface area contributed by atoms with Gasteiger partial charge in [-0.2, -0.15) is 0 Å². The molecule has 0 atom stereocenters. The number of halogens is 2. The van der Waals surface area contributed by atoms with Crippen LogP contribution in [0.1, 0.15) is 17.9 Å². The quantitative estimate of drug-likeness (QED) is 0.787. The fraction of sp³-hybridized carbons (Fsp3) is 0.286. The summed E-state index contributed by atoms with van der Waals surface area (Å²) in [5.74, 6) is -0.212. The molecule has 1 aromatic carbocycles. The second kappa shape index (κ2) is 7.52. The van der Waals surface area contributed by atoms with Crippen LogP contribution in [0.3, 0.4) is 0 Å². The molecule has 0 aliphatic heterocycles. The molecule has 1 aromatic heterocycles. The molecule has 0 saturated heterocycles. The summed E-state index contributed by atoms with van der Waals surface area (Å²) in [6.07, 6.45) is -0.0779. The molecule has 2 N–H and O–H groups in total. The van der Waals surface area contributed by atoms with Crippen molar-refractivity contribution in [3.63, 3.8) is 0 Å². The number of rotatable bonds is 6. The van der Waals surface area contributed by atoms with Crippen molar-refractivity contribution in [2.45, 2.75) is 25.2 Å². The van der Waals surface area contributed by atoms with Gasteiger partial charge in [-0.25, -0.2) is 13.1 Å². The van der Waals surface area contributed by atoms with E-state index in [9.17, 15) is 13.2 Å². The summed E-state index contributed by atoms with van der Waals surface area (Å²) < 4.78 is 31.6. The molecule has 2 aromatic rings. The summed E-state index contributed by atoms with van der Waals surface area (Å²) in [6, 6.07) is 4.66. The predicted molar refractivity (Wildman–Crippen MR) is 90.9 cm³/mol. The molecule has 7 nitrogen and oxygen atoms in total. The number of hydrogen-bond donors (Lipinski definition) is 2. The number of aromatic nitrogens is 1. The number of aryl methyl sites for hydroxylation is 2. The highest BCUT2D eigenvalue weighted by Crippen LogP contribution is 2.25. The van der Waals surface area contributed by atoms with Crippen LogP contribution in [0.4, 0.5) is 5.69 Å². The first-order chi connectivity index (χ1) is 11.2. The number of nitrogens with zero attached hydrogens (tertiary/aromatic N) is 1. The van der Waals surface area contributed by atoms with Gasteiger partial charge in [0.2, 0.25) is 15.9 Å². The summed E-state index contributed by atoms with van der Waals surface area (Å²) >= 11 is 11.8. The van der Waals surface area contributed by atoms with E-state index >= 15 is 0 Å². The van der Waals surface area contributed by atoms with Crippen LogP contribution < -0.4 is 10.0 Å². The van der Waals surface area contributed by atoms with Crippen LogP contribution in [0.25, 0.3) is 0 Å². The van der Waals surface area contributed by atoms with Crippen molar-refractivity contribution in [2.24, 2.45) is 0 Å². The van der Waals surface area contributed by atoms with E-state index in [0.717, 1.165) is 0 Å². The van der Waals surface area contributed by atoms with Gasteiger partial charge in [-0.1, -0.05) is 28.4 Å². The first-order valence-corrected chi connectivity index (χ1v) is 9.12. The summed E-state index contributed by atoms with van der Waals surface area (Å²) in [6.45, 7) is 2.94.